The molecule has 1 aromatic heterocycles. The number of hydrogen-bond acceptors (Lipinski definition) is 3. The van der Waals surface area contributed by atoms with Crippen LogP contribution in [-0.2, 0) is 9.05 Å². The number of H-pyrrole nitrogens is 1. The summed E-state index contributed by atoms with van der Waals surface area (Å²) in [5.41, 5.74) is -0.0558. The van der Waals surface area contributed by atoms with Gasteiger partial charge in [0, 0.05) is 26.7 Å². The number of halogens is 2. The number of nitrogens with one attached hydrogen (secondary N) is 1. The fourth-order valence-electron chi connectivity index (χ4n) is 1.36. The molecule has 0 bridgehead atoms. The Kier molecular flexibility index (Phi) is 2.81. The van der Waals surface area contributed by atoms with E-state index in [0.717, 1.165) is 10.7 Å². The summed E-state index contributed by atoms with van der Waals surface area (Å²) >= 11 is 3.25. The first-order valence-corrected chi connectivity index (χ1v) is 7.25. The molecule has 4 nitrogen and oxygen atoms in total. The second kappa shape index (κ2) is 3.87. The van der Waals surface area contributed by atoms with Gasteiger partial charge in [-0.05, 0) is 18.2 Å². The van der Waals surface area contributed by atoms with Crippen molar-refractivity contribution in [3.63, 3.8) is 0 Å². The Morgan fingerprint density at radius 2 is 2.00 bits per heavy atom. The number of pyridine rings is 1. The predicted octanol–water partition coefficient (Wildman–Crippen LogP) is 2.22. The van der Waals surface area contributed by atoms with Crippen LogP contribution in [0.1, 0.15) is 0 Å². The van der Waals surface area contributed by atoms with E-state index in [1.165, 1.54) is 6.07 Å². The van der Waals surface area contributed by atoms with Gasteiger partial charge in [0.05, 0.1) is 5.52 Å². The van der Waals surface area contributed by atoms with E-state index in [-0.39, 0.29) is 5.39 Å². The molecule has 84 valence electrons. The summed E-state index contributed by atoms with van der Waals surface area (Å²) in [7, 11) is 1.12. The summed E-state index contributed by atoms with van der Waals surface area (Å²) < 4.78 is 23.0. The topological polar surface area (TPSA) is 67.0 Å². The first kappa shape index (κ1) is 11.6. The minimum Gasteiger partial charge on any atom is -0.360 e. The van der Waals surface area contributed by atoms with Gasteiger partial charge in [-0.3, -0.25) is 4.79 Å². The van der Waals surface area contributed by atoms with Crippen LogP contribution in [0.4, 0.5) is 0 Å². The fraction of sp³-hybridized carbons (Fsp3) is 0. The highest BCUT2D eigenvalue weighted by Crippen LogP contribution is 2.18. The molecule has 0 unspecified atom stereocenters. The highest BCUT2D eigenvalue weighted by Gasteiger charge is 2.16. The molecule has 0 saturated carbocycles. The number of aromatic amines is 1. The van der Waals surface area contributed by atoms with Crippen molar-refractivity contribution in [3.8, 4) is 0 Å². The van der Waals surface area contributed by atoms with E-state index in [2.05, 4.69) is 20.9 Å². The Morgan fingerprint density at radius 1 is 1.31 bits per heavy atom. The molecule has 0 spiro atoms. The summed E-state index contributed by atoms with van der Waals surface area (Å²) in [5, 5.41) is 0.282. The van der Waals surface area contributed by atoms with Crippen LogP contribution in [0.25, 0.3) is 10.9 Å². The van der Waals surface area contributed by atoms with E-state index in [9.17, 15) is 13.2 Å². The number of benzene rings is 1. The molecule has 0 aliphatic rings. The molecule has 1 N–H and O–H groups in total. The van der Waals surface area contributed by atoms with Gasteiger partial charge in [-0.1, -0.05) is 15.9 Å². The van der Waals surface area contributed by atoms with Gasteiger partial charge in [0.15, 0.2) is 0 Å². The SMILES string of the molecule is O=c1c(S(=O)(=O)Cl)c[nH]c2cc(Br)ccc12. The summed E-state index contributed by atoms with van der Waals surface area (Å²) in [6, 6.07) is 4.87. The number of fused-ring (bicyclic) bond motifs is 1. The molecule has 1 heterocycles. The van der Waals surface area contributed by atoms with Gasteiger partial charge in [0.1, 0.15) is 4.90 Å². The average Bonchev–Trinajstić information content (AvgIpc) is 2.15. The van der Waals surface area contributed by atoms with Crippen molar-refractivity contribution in [2.45, 2.75) is 4.90 Å². The molecule has 0 aliphatic carbocycles. The fourth-order valence-corrected chi connectivity index (χ4v) is 2.59. The van der Waals surface area contributed by atoms with Crippen LogP contribution < -0.4 is 5.43 Å². The second-order valence-electron chi connectivity index (χ2n) is 3.11. The lowest BCUT2D eigenvalue weighted by Crippen LogP contribution is -2.12. The molecule has 0 amide bonds. The molecule has 2 rings (SSSR count). The Bertz CT molecular complexity index is 723. The third-order valence-electron chi connectivity index (χ3n) is 2.07. The van der Waals surface area contributed by atoms with Crippen LogP contribution in [0, 0.1) is 0 Å². The molecule has 0 aliphatic heterocycles. The highest BCUT2D eigenvalue weighted by molar-refractivity contribution is 9.10. The molecule has 7 heteroatoms. The maximum atomic E-state index is 11.8. The molecule has 0 atom stereocenters. The van der Waals surface area contributed by atoms with Gasteiger partial charge < -0.3 is 4.98 Å². The first-order valence-electron chi connectivity index (χ1n) is 4.15. The van der Waals surface area contributed by atoms with Crippen LogP contribution >= 0.6 is 26.6 Å². The molecule has 0 radical (unpaired) electrons. The van der Waals surface area contributed by atoms with E-state index in [1.54, 1.807) is 12.1 Å². The van der Waals surface area contributed by atoms with E-state index in [1.807, 2.05) is 0 Å². The maximum Gasteiger partial charge on any atom is 0.266 e. The zero-order valence-electron chi connectivity index (χ0n) is 7.70. The number of rotatable bonds is 1. The standard InChI is InChI=1S/C9H5BrClNO3S/c10-5-1-2-6-7(3-5)12-4-8(9(6)13)16(11,14)15/h1-4H,(H,12,13). The van der Waals surface area contributed by atoms with Crippen molar-refractivity contribution in [3.05, 3.63) is 39.1 Å². The van der Waals surface area contributed by atoms with Crippen LogP contribution in [0.2, 0.25) is 0 Å². The smallest absolute Gasteiger partial charge is 0.266 e. The van der Waals surface area contributed by atoms with E-state index in [4.69, 9.17) is 10.7 Å². The minimum absolute atomic E-state index is 0.282. The molecule has 16 heavy (non-hydrogen) atoms. The van der Waals surface area contributed by atoms with Crippen LogP contribution in [0.15, 0.2) is 38.6 Å². The Morgan fingerprint density at radius 3 is 2.62 bits per heavy atom. The Hall–Kier alpha value is -0.850. The third-order valence-corrected chi connectivity index (χ3v) is 3.89. The Labute approximate surface area is 104 Å². The van der Waals surface area contributed by atoms with Crippen molar-refractivity contribution in [1.82, 2.24) is 4.98 Å². The zero-order valence-corrected chi connectivity index (χ0v) is 10.9. The van der Waals surface area contributed by atoms with Crippen LogP contribution in [-0.4, -0.2) is 13.4 Å². The molecule has 1 aromatic carbocycles. The van der Waals surface area contributed by atoms with Gasteiger partial charge >= 0.3 is 0 Å². The monoisotopic (exact) mass is 321 g/mol. The normalized spacial score (nSPS) is 11.9. The lowest BCUT2D eigenvalue weighted by molar-refractivity contribution is 0.609. The third kappa shape index (κ3) is 2.00. The lowest BCUT2D eigenvalue weighted by Gasteiger charge is -2.00. The van der Waals surface area contributed by atoms with Crippen molar-refractivity contribution in [1.29, 1.82) is 0 Å². The van der Waals surface area contributed by atoms with E-state index < -0.39 is 19.4 Å². The van der Waals surface area contributed by atoms with E-state index >= 15 is 0 Å². The van der Waals surface area contributed by atoms with Gasteiger partial charge in [-0.15, -0.1) is 0 Å². The highest BCUT2D eigenvalue weighted by atomic mass is 79.9. The number of aromatic nitrogens is 1. The quantitative estimate of drug-likeness (QED) is 0.819. The van der Waals surface area contributed by atoms with Gasteiger partial charge in [-0.2, -0.15) is 0 Å². The largest absolute Gasteiger partial charge is 0.360 e. The summed E-state index contributed by atoms with van der Waals surface area (Å²) in [4.78, 5) is 14.1. The van der Waals surface area contributed by atoms with Crippen molar-refractivity contribution >= 4 is 46.6 Å². The van der Waals surface area contributed by atoms with Crippen molar-refractivity contribution in [2.24, 2.45) is 0 Å². The molecular formula is C9H5BrClNO3S. The summed E-state index contributed by atoms with van der Waals surface area (Å²) in [6.07, 6.45) is 1.10. The van der Waals surface area contributed by atoms with E-state index in [0.29, 0.717) is 5.52 Å². The molecule has 0 fully saturated rings. The lowest BCUT2D eigenvalue weighted by atomic mass is 10.2. The van der Waals surface area contributed by atoms with Crippen molar-refractivity contribution in [2.75, 3.05) is 0 Å². The predicted molar refractivity (Wildman–Crippen MR) is 65.3 cm³/mol. The van der Waals surface area contributed by atoms with Crippen LogP contribution in [0.3, 0.4) is 0 Å². The maximum absolute atomic E-state index is 11.8. The molecule has 0 saturated heterocycles. The zero-order chi connectivity index (χ0) is 11.9. The van der Waals surface area contributed by atoms with Gasteiger partial charge in [0.25, 0.3) is 9.05 Å². The molecular weight excluding hydrogens is 318 g/mol. The summed E-state index contributed by atoms with van der Waals surface area (Å²) in [5.74, 6) is 0. The molecule has 2 aromatic rings. The minimum atomic E-state index is -4.02. The second-order valence-corrected chi connectivity index (χ2v) is 6.56. The Balaban J connectivity index is 2.92. The van der Waals surface area contributed by atoms with Gasteiger partial charge in [-0.25, -0.2) is 8.42 Å². The van der Waals surface area contributed by atoms with Crippen molar-refractivity contribution < 1.29 is 8.42 Å². The van der Waals surface area contributed by atoms with Crippen LogP contribution in [0.5, 0.6) is 0 Å². The van der Waals surface area contributed by atoms with Gasteiger partial charge in [0.2, 0.25) is 5.43 Å². The average molecular weight is 323 g/mol. The summed E-state index contributed by atoms with van der Waals surface area (Å²) in [6.45, 7) is 0. The first-order chi connectivity index (χ1) is 7.39. The number of hydrogen-bond donors (Lipinski definition) is 1.